The van der Waals surface area contributed by atoms with E-state index in [0.29, 0.717) is 0 Å². The Morgan fingerprint density at radius 2 is 2.11 bits per heavy atom. The number of hydrogen-bond donors (Lipinski definition) is 1. The molecule has 0 radical (unpaired) electrons. The van der Waals surface area contributed by atoms with Crippen molar-refractivity contribution in [2.75, 3.05) is 6.54 Å². The van der Waals surface area contributed by atoms with Crippen LogP contribution in [0.1, 0.15) is 57.2 Å². The first-order chi connectivity index (χ1) is 8.57. The summed E-state index contributed by atoms with van der Waals surface area (Å²) in [6, 6.07) is 0. The van der Waals surface area contributed by atoms with E-state index in [4.69, 9.17) is 4.98 Å². The zero-order valence-electron chi connectivity index (χ0n) is 12.1. The molecule has 1 saturated carbocycles. The molecule has 3 heteroatoms. The van der Waals surface area contributed by atoms with Gasteiger partial charge in [-0.2, -0.15) is 0 Å². The van der Waals surface area contributed by atoms with Gasteiger partial charge >= 0.3 is 0 Å². The van der Waals surface area contributed by atoms with Crippen LogP contribution in [0.3, 0.4) is 0 Å². The summed E-state index contributed by atoms with van der Waals surface area (Å²) < 4.78 is 0. The molecule has 1 fully saturated rings. The highest BCUT2D eigenvalue weighted by Crippen LogP contribution is 2.42. The van der Waals surface area contributed by atoms with Crippen molar-refractivity contribution in [2.24, 2.45) is 11.8 Å². The summed E-state index contributed by atoms with van der Waals surface area (Å²) in [6.07, 6.45) is 5.17. The Kier molecular flexibility index (Phi) is 4.44. The predicted octanol–water partition coefficient (Wildman–Crippen LogP) is 4.10. The van der Waals surface area contributed by atoms with E-state index in [1.54, 1.807) is 0 Å². The first kappa shape index (κ1) is 14.0. The maximum atomic E-state index is 4.75. The van der Waals surface area contributed by atoms with Crippen LogP contribution < -0.4 is 5.32 Å². The number of nitrogens with zero attached hydrogens (tertiary/aromatic N) is 1. The van der Waals surface area contributed by atoms with Crippen molar-refractivity contribution >= 4 is 11.3 Å². The molecule has 0 unspecified atom stereocenters. The van der Waals surface area contributed by atoms with Gasteiger partial charge in [-0.3, -0.25) is 0 Å². The third-order valence-electron chi connectivity index (χ3n) is 4.37. The largest absolute Gasteiger partial charge is 0.306 e. The Balaban J connectivity index is 2.15. The lowest BCUT2D eigenvalue weighted by atomic mass is 9.73. The summed E-state index contributed by atoms with van der Waals surface area (Å²) in [5.74, 6) is 1.72. The molecule has 102 valence electrons. The quantitative estimate of drug-likeness (QED) is 0.887. The lowest BCUT2D eigenvalue weighted by Gasteiger charge is -2.40. The number of rotatable bonds is 4. The molecule has 1 aliphatic carbocycles. The van der Waals surface area contributed by atoms with Crippen LogP contribution >= 0.6 is 11.3 Å². The lowest BCUT2D eigenvalue weighted by Crippen LogP contribution is -2.45. The van der Waals surface area contributed by atoms with Crippen molar-refractivity contribution in [1.29, 1.82) is 0 Å². The Labute approximate surface area is 115 Å². The molecule has 0 spiro atoms. The molecular weight excluding hydrogens is 240 g/mol. The molecule has 2 rings (SSSR count). The van der Waals surface area contributed by atoms with Crippen molar-refractivity contribution in [1.82, 2.24) is 10.3 Å². The Morgan fingerprint density at radius 1 is 1.44 bits per heavy atom. The summed E-state index contributed by atoms with van der Waals surface area (Å²) in [4.78, 5) is 4.75. The smallest absolute Gasteiger partial charge is 0.113 e. The molecule has 1 N–H and O–H groups in total. The molecule has 0 atom stereocenters. The topological polar surface area (TPSA) is 24.9 Å². The van der Waals surface area contributed by atoms with Crippen LogP contribution in [0, 0.1) is 18.8 Å². The van der Waals surface area contributed by atoms with E-state index in [1.165, 1.54) is 36.4 Å². The highest BCUT2D eigenvalue weighted by molar-refractivity contribution is 7.09. The molecule has 0 amide bonds. The van der Waals surface area contributed by atoms with Gasteiger partial charge in [0.25, 0.3) is 0 Å². The molecule has 1 heterocycles. The molecule has 18 heavy (non-hydrogen) atoms. The van der Waals surface area contributed by atoms with E-state index in [2.05, 4.69) is 38.4 Å². The molecular formula is C15H26N2S. The van der Waals surface area contributed by atoms with E-state index in [1.807, 2.05) is 11.3 Å². The maximum absolute atomic E-state index is 4.75. The van der Waals surface area contributed by atoms with E-state index in [0.717, 1.165) is 18.4 Å². The highest BCUT2D eigenvalue weighted by Gasteiger charge is 2.38. The van der Waals surface area contributed by atoms with Crippen molar-refractivity contribution in [3.05, 3.63) is 16.1 Å². The standard InChI is InChI=1S/C15H26N2S/c1-5-16-15(14-17-12(4)10-18-14)8-6-13(7-9-15)11(2)3/h10-11,13,16H,5-9H2,1-4H3. The van der Waals surface area contributed by atoms with Gasteiger partial charge < -0.3 is 5.32 Å². The average Bonchev–Trinajstić information content (AvgIpc) is 2.77. The number of aryl methyl sites for hydroxylation is 1. The van der Waals surface area contributed by atoms with Gasteiger partial charge in [0, 0.05) is 11.1 Å². The Morgan fingerprint density at radius 3 is 2.56 bits per heavy atom. The van der Waals surface area contributed by atoms with Crippen LogP contribution in [-0.2, 0) is 5.54 Å². The van der Waals surface area contributed by atoms with Crippen LogP contribution in [0.2, 0.25) is 0 Å². The molecule has 2 nitrogen and oxygen atoms in total. The second-order valence-corrected chi connectivity index (χ2v) is 6.85. The van der Waals surface area contributed by atoms with Crippen molar-refractivity contribution in [2.45, 2.75) is 58.9 Å². The zero-order valence-corrected chi connectivity index (χ0v) is 12.9. The first-order valence-electron chi connectivity index (χ1n) is 7.25. The fraction of sp³-hybridized carbons (Fsp3) is 0.800. The van der Waals surface area contributed by atoms with Crippen molar-refractivity contribution in [3.63, 3.8) is 0 Å². The van der Waals surface area contributed by atoms with Gasteiger partial charge in [-0.1, -0.05) is 20.8 Å². The van der Waals surface area contributed by atoms with E-state index in [9.17, 15) is 0 Å². The molecule has 0 aliphatic heterocycles. The number of hydrogen-bond acceptors (Lipinski definition) is 3. The normalized spacial score (nSPS) is 28.8. The van der Waals surface area contributed by atoms with Crippen LogP contribution in [-0.4, -0.2) is 11.5 Å². The molecule has 0 saturated heterocycles. The molecule has 1 aromatic heterocycles. The van der Waals surface area contributed by atoms with Gasteiger partial charge in [-0.05, 0) is 51.0 Å². The van der Waals surface area contributed by atoms with Gasteiger partial charge in [0.2, 0.25) is 0 Å². The van der Waals surface area contributed by atoms with Crippen molar-refractivity contribution < 1.29 is 0 Å². The lowest BCUT2D eigenvalue weighted by molar-refractivity contribution is 0.162. The fourth-order valence-corrected chi connectivity index (χ4v) is 4.21. The highest BCUT2D eigenvalue weighted by atomic mass is 32.1. The summed E-state index contributed by atoms with van der Waals surface area (Å²) in [5, 5.41) is 7.23. The van der Waals surface area contributed by atoms with Crippen molar-refractivity contribution in [3.8, 4) is 0 Å². The summed E-state index contributed by atoms with van der Waals surface area (Å²) in [5.41, 5.74) is 1.33. The summed E-state index contributed by atoms with van der Waals surface area (Å²) in [7, 11) is 0. The van der Waals surface area contributed by atoms with Gasteiger partial charge in [0.15, 0.2) is 0 Å². The van der Waals surface area contributed by atoms with Gasteiger partial charge in [0.05, 0.1) is 5.54 Å². The first-order valence-corrected chi connectivity index (χ1v) is 8.13. The second kappa shape index (κ2) is 5.70. The maximum Gasteiger partial charge on any atom is 0.113 e. The van der Waals surface area contributed by atoms with Gasteiger partial charge in [-0.25, -0.2) is 4.98 Å². The van der Waals surface area contributed by atoms with Crippen LogP contribution in [0.15, 0.2) is 5.38 Å². The van der Waals surface area contributed by atoms with Crippen LogP contribution in [0.5, 0.6) is 0 Å². The summed E-state index contributed by atoms with van der Waals surface area (Å²) >= 11 is 1.83. The van der Waals surface area contributed by atoms with E-state index in [-0.39, 0.29) is 5.54 Å². The SMILES string of the molecule is CCNC1(c2nc(C)cs2)CCC(C(C)C)CC1. The minimum absolute atomic E-state index is 0.166. The third-order valence-corrected chi connectivity index (χ3v) is 5.53. The van der Waals surface area contributed by atoms with E-state index >= 15 is 0 Å². The Hall–Kier alpha value is -0.410. The minimum Gasteiger partial charge on any atom is -0.306 e. The summed E-state index contributed by atoms with van der Waals surface area (Å²) in [6.45, 7) is 10.1. The minimum atomic E-state index is 0.166. The zero-order chi connectivity index (χ0) is 13.2. The third kappa shape index (κ3) is 2.77. The van der Waals surface area contributed by atoms with Gasteiger partial charge in [0.1, 0.15) is 5.01 Å². The van der Waals surface area contributed by atoms with Crippen LogP contribution in [0.25, 0.3) is 0 Å². The molecule has 0 bridgehead atoms. The predicted molar refractivity (Wildman–Crippen MR) is 79.0 cm³/mol. The van der Waals surface area contributed by atoms with Crippen LogP contribution in [0.4, 0.5) is 0 Å². The molecule has 0 aromatic carbocycles. The van der Waals surface area contributed by atoms with Gasteiger partial charge in [-0.15, -0.1) is 11.3 Å². The fourth-order valence-electron chi connectivity index (χ4n) is 3.18. The average molecular weight is 266 g/mol. The number of aromatic nitrogens is 1. The number of nitrogens with one attached hydrogen (secondary N) is 1. The van der Waals surface area contributed by atoms with E-state index < -0.39 is 0 Å². The number of thiazole rings is 1. The second-order valence-electron chi connectivity index (χ2n) is 5.99. The Bertz CT molecular complexity index is 376. The molecule has 1 aliphatic rings. The monoisotopic (exact) mass is 266 g/mol. The molecule has 1 aromatic rings.